The Morgan fingerprint density at radius 1 is 1.17 bits per heavy atom. The van der Waals surface area contributed by atoms with Gasteiger partial charge in [-0.15, -0.1) is 0 Å². The van der Waals surface area contributed by atoms with Gasteiger partial charge in [0.25, 0.3) is 0 Å². The second kappa shape index (κ2) is 10.2. The van der Waals surface area contributed by atoms with E-state index in [4.69, 9.17) is 9.72 Å². The number of carbonyl (C=O) groups is 1. The first-order chi connectivity index (χ1) is 14.5. The zero-order chi connectivity index (χ0) is 21.5. The number of benzene rings is 1. The topological polar surface area (TPSA) is 81.0 Å². The molecule has 1 saturated carbocycles. The van der Waals surface area contributed by atoms with E-state index in [1.807, 2.05) is 19.1 Å². The quantitative estimate of drug-likeness (QED) is 0.290. The predicted octanol–water partition coefficient (Wildman–Crippen LogP) is 4.89. The minimum absolute atomic E-state index is 0.219. The summed E-state index contributed by atoms with van der Waals surface area (Å²) in [5, 5.41) is 13.8. The molecule has 0 spiro atoms. The van der Waals surface area contributed by atoms with Gasteiger partial charge in [-0.1, -0.05) is 24.4 Å². The number of nitrogens with zero attached hydrogens (tertiary/aromatic N) is 2. The van der Waals surface area contributed by atoms with Crippen molar-refractivity contribution in [3.8, 4) is 11.5 Å². The Labute approximate surface area is 177 Å². The molecule has 160 valence electrons. The number of pyridine rings is 1. The minimum atomic E-state index is 0.219. The highest BCUT2D eigenvalue weighted by molar-refractivity contribution is 5.59. The van der Waals surface area contributed by atoms with Crippen LogP contribution in [0.4, 0.5) is 0 Å². The van der Waals surface area contributed by atoms with E-state index >= 15 is 0 Å². The molecule has 30 heavy (non-hydrogen) atoms. The average molecular weight is 411 g/mol. The summed E-state index contributed by atoms with van der Waals surface area (Å²) in [4.78, 5) is 19.2. The Morgan fingerprint density at radius 2 is 1.93 bits per heavy atom. The Bertz CT molecular complexity index is 918. The number of rotatable bonds is 8. The number of ether oxygens (including phenoxy) is 1. The zero-order valence-electron chi connectivity index (χ0n) is 18.0. The van der Waals surface area contributed by atoms with Crippen LogP contribution in [-0.4, -0.2) is 29.4 Å². The van der Waals surface area contributed by atoms with E-state index in [1.54, 1.807) is 6.07 Å². The first-order valence-corrected chi connectivity index (χ1v) is 10.5. The standard InChI is InChI=1S/C24H30N2O4/c1-16-13-23(29-12-11-25-30-15-27)18(3)17(2)21(16)14-20-9-10-22(28)24(26-20)19-7-5-4-6-8-19/h9-11,13,15,19,28H,4-8,12,14H2,1-3H3. The van der Waals surface area contributed by atoms with Crippen LogP contribution >= 0.6 is 0 Å². The molecule has 1 N–H and O–H groups in total. The molecule has 0 radical (unpaired) electrons. The smallest absolute Gasteiger partial charge is 0.323 e. The van der Waals surface area contributed by atoms with Crippen LogP contribution < -0.4 is 4.74 Å². The van der Waals surface area contributed by atoms with Crippen LogP contribution in [0, 0.1) is 20.8 Å². The Balaban J connectivity index is 1.79. The lowest BCUT2D eigenvalue weighted by atomic mass is 9.86. The summed E-state index contributed by atoms with van der Waals surface area (Å²) in [6.45, 7) is 6.68. The van der Waals surface area contributed by atoms with Crippen molar-refractivity contribution in [3.05, 3.63) is 51.8 Å². The van der Waals surface area contributed by atoms with Crippen molar-refractivity contribution in [2.24, 2.45) is 5.16 Å². The first kappa shape index (κ1) is 21.8. The fraction of sp³-hybridized carbons (Fsp3) is 0.458. The third kappa shape index (κ3) is 5.17. The SMILES string of the molecule is Cc1cc(OCC=NOC=O)c(C)c(C)c1Cc1ccc(O)c(C2CCCCC2)n1. The Hall–Kier alpha value is -2.89. The summed E-state index contributed by atoms with van der Waals surface area (Å²) >= 11 is 0. The largest absolute Gasteiger partial charge is 0.506 e. The molecule has 1 aromatic heterocycles. The normalized spacial score (nSPS) is 14.8. The molecule has 6 nitrogen and oxygen atoms in total. The van der Waals surface area contributed by atoms with Crippen molar-refractivity contribution >= 4 is 12.7 Å². The molecule has 1 aromatic carbocycles. The molecule has 6 heteroatoms. The number of hydrogen-bond donors (Lipinski definition) is 1. The summed E-state index contributed by atoms with van der Waals surface area (Å²) in [7, 11) is 0. The number of aryl methyl sites for hydroxylation is 1. The number of aromatic nitrogens is 1. The van der Waals surface area contributed by atoms with Gasteiger partial charge in [-0.25, -0.2) is 0 Å². The van der Waals surface area contributed by atoms with Gasteiger partial charge in [0.1, 0.15) is 18.1 Å². The second-order valence-electron chi connectivity index (χ2n) is 7.94. The lowest BCUT2D eigenvalue weighted by Gasteiger charge is -2.22. The molecule has 0 unspecified atom stereocenters. The van der Waals surface area contributed by atoms with Crippen molar-refractivity contribution in [1.29, 1.82) is 0 Å². The van der Waals surface area contributed by atoms with Gasteiger partial charge in [0.2, 0.25) is 0 Å². The van der Waals surface area contributed by atoms with Gasteiger partial charge in [0.05, 0.1) is 11.9 Å². The maximum absolute atomic E-state index is 10.4. The van der Waals surface area contributed by atoms with E-state index in [2.05, 4.69) is 23.8 Å². The fourth-order valence-corrected chi connectivity index (χ4v) is 4.21. The van der Waals surface area contributed by atoms with Gasteiger partial charge in [-0.2, -0.15) is 0 Å². The van der Waals surface area contributed by atoms with Crippen LogP contribution in [0.5, 0.6) is 11.5 Å². The van der Waals surface area contributed by atoms with Crippen LogP contribution in [-0.2, 0) is 16.1 Å². The van der Waals surface area contributed by atoms with Crippen LogP contribution in [0.2, 0.25) is 0 Å². The van der Waals surface area contributed by atoms with Crippen molar-refractivity contribution in [3.63, 3.8) is 0 Å². The summed E-state index contributed by atoms with van der Waals surface area (Å²) in [5.74, 6) is 1.47. The highest BCUT2D eigenvalue weighted by Crippen LogP contribution is 2.36. The molecule has 0 aliphatic heterocycles. The zero-order valence-corrected chi connectivity index (χ0v) is 18.0. The highest BCUT2D eigenvalue weighted by atomic mass is 16.7. The molecule has 1 aliphatic carbocycles. The maximum Gasteiger partial charge on any atom is 0.323 e. The number of hydrogen-bond acceptors (Lipinski definition) is 6. The molecule has 0 bridgehead atoms. The molecule has 1 aliphatic rings. The third-order valence-corrected chi connectivity index (χ3v) is 6.01. The van der Waals surface area contributed by atoms with Gasteiger partial charge in [-0.3, -0.25) is 9.78 Å². The average Bonchev–Trinajstić information content (AvgIpc) is 2.76. The highest BCUT2D eigenvalue weighted by Gasteiger charge is 2.21. The van der Waals surface area contributed by atoms with Crippen molar-refractivity contribution in [2.45, 2.75) is 65.2 Å². The Morgan fingerprint density at radius 3 is 2.67 bits per heavy atom. The van der Waals surface area contributed by atoms with Crippen LogP contribution in [0.1, 0.15) is 71.7 Å². The Kier molecular flexibility index (Phi) is 7.44. The molecule has 1 fully saturated rings. The second-order valence-corrected chi connectivity index (χ2v) is 7.94. The van der Waals surface area contributed by atoms with E-state index in [9.17, 15) is 9.90 Å². The van der Waals surface area contributed by atoms with Crippen molar-refractivity contribution in [1.82, 2.24) is 4.98 Å². The molecular weight excluding hydrogens is 380 g/mol. The third-order valence-electron chi connectivity index (χ3n) is 6.01. The van der Waals surface area contributed by atoms with Gasteiger partial charge in [0.15, 0.2) is 0 Å². The molecule has 0 amide bonds. The van der Waals surface area contributed by atoms with Crippen molar-refractivity contribution in [2.75, 3.05) is 6.61 Å². The van der Waals surface area contributed by atoms with E-state index < -0.39 is 0 Å². The van der Waals surface area contributed by atoms with Gasteiger partial charge in [0, 0.05) is 18.0 Å². The van der Waals surface area contributed by atoms with E-state index in [-0.39, 0.29) is 13.1 Å². The summed E-state index contributed by atoms with van der Waals surface area (Å²) in [5.41, 5.74) is 6.42. The summed E-state index contributed by atoms with van der Waals surface area (Å²) in [6, 6.07) is 5.74. The van der Waals surface area contributed by atoms with Gasteiger partial charge in [-0.05, 0) is 74.1 Å². The maximum atomic E-state index is 10.4. The molecule has 1 heterocycles. The summed E-state index contributed by atoms with van der Waals surface area (Å²) < 4.78 is 5.77. The lowest BCUT2D eigenvalue weighted by molar-refractivity contribution is -0.128. The van der Waals surface area contributed by atoms with E-state index in [0.717, 1.165) is 41.1 Å². The van der Waals surface area contributed by atoms with Gasteiger partial charge < -0.3 is 14.7 Å². The molecule has 0 atom stereocenters. The van der Waals surface area contributed by atoms with Crippen LogP contribution in [0.15, 0.2) is 23.4 Å². The van der Waals surface area contributed by atoms with E-state index in [0.29, 0.717) is 18.1 Å². The molecule has 3 rings (SSSR count). The summed E-state index contributed by atoms with van der Waals surface area (Å²) in [6.07, 6.45) is 8.02. The molecule has 2 aromatic rings. The van der Waals surface area contributed by atoms with Crippen LogP contribution in [0.25, 0.3) is 0 Å². The number of aromatic hydroxyl groups is 1. The van der Waals surface area contributed by atoms with Gasteiger partial charge >= 0.3 is 6.47 Å². The first-order valence-electron chi connectivity index (χ1n) is 10.5. The predicted molar refractivity (Wildman–Crippen MR) is 116 cm³/mol. The minimum Gasteiger partial charge on any atom is -0.506 e. The monoisotopic (exact) mass is 410 g/mol. The number of carbonyl (C=O) groups excluding carboxylic acids is 1. The van der Waals surface area contributed by atoms with E-state index in [1.165, 1.54) is 36.6 Å². The molecular formula is C24H30N2O4. The van der Waals surface area contributed by atoms with Crippen molar-refractivity contribution < 1.29 is 19.5 Å². The fourth-order valence-electron chi connectivity index (χ4n) is 4.21. The number of oxime groups is 1. The lowest BCUT2D eigenvalue weighted by Crippen LogP contribution is -2.09. The molecule has 0 saturated heterocycles. The van der Waals surface area contributed by atoms with Crippen LogP contribution in [0.3, 0.4) is 0 Å².